The van der Waals surface area contributed by atoms with Crippen molar-refractivity contribution in [3.8, 4) is 0 Å². The fraction of sp³-hybridized carbons (Fsp3) is 0.700. The molecule has 0 atom stereocenters. The minimum Gasteiger partial charge on any atom is -0.382 e. The molecule has 0 aromatic carbocycles. The summed E-state index contributed by atoms with van der Waals surface area (Å²) in [5, 5.41) is 3.26. The quantitative estimate of drug-likeness (QED) is 0.616. The van der Waals surface area contributed by atoms with Gasteiger partial charge in [-0.15, -0.1) is 0 Å². The molecule has 0 aliphatic heterocycles. The van der Waals surface area contributed by atoms with Crippen molar-refractivity contribution >= 4 is 0 Å². The number of methoxy groups -OCH3 is 1. The van der Waals surface area contributed by atoms with Gasteiger partial charge in [0.1, 0.15) is 0 Å². The van der Waals surface area contributed by atoms with Crippen LogP contribution in [0.5, 0.6) is 0 Å². The number of nitrogens with one attached hydrogen (secondary N) is 2. The molecule has 0 saturated carbocycles. The van der Waals surface area contributed by atoms with Crippen LogP contribution in [-0.4, -0.2) is 43.4 Å². The summed E-state index contributed by atoms with van der Waals surface area (Å²) in [6.07, 6.45) is 1.71. The van der Waals surface area contributed by atoms with Gasteiger partial charge >= 0.3 is 0 Å². The van der Waals surface area contributed by atoms with E-state index in [2.05, 4.69) is 15.3 Å². The highest BCUT2D eigenvalue weighted by atomic mass is 16.5. The Kier molecular flexibility index (Phi) is 5.99. The predicted octanol–water partition coefficient (Wildman–Crippen LogP) is 0.471. The molecule has 1 rings (SSSR count). The fourth-order valence-electron chi connectivity index (χ4n) is 1.16. The molecule has 0 radical (unpaired) electrons. The zero-order valence-corrected chi connectivity index (χ0v) is 9.38. The van der Waals surface area contributed by atoms with E-state index in [0.717, 1.165) is 24.5 Å². The summed E-state index contributed by atoms with van der Waals surface area (Å²) in [7, 11) is 1.67. The number of hydrogen-bond acceptors (Lipinski definition) is 4. The first-order valence-electron chi connectivity index (χ1n) is 5.11. The van der Waals surface area contributed by atoms with Crippen LogP contribution < -0.4 is 5.32 Å². The largest absolute Gasteiger partial charge is 0.382 e. The molecule has 1 heterocycles. The number of ether oxygens (including phenoxy) is 2. The lowest BCUT2D eigenvalue weighted by molar-refractivity contribution is 0.0719. The summed E-state index contributed by atoms with van der Waals surface area (Å²) in [4.78, 5) is 7.22. The molecular formula is C10H19N3O2. The lowest BCUT2D eigenvalue weighted by Gasteiger charge is -2.04. The van der Waals surface area contributed by atoms with Crippen molar-refractivity contribution in [2.75, 3.05) is 33.5 Å². The molecule has 1 aromatic rings. The average Bonchev–Trinajstić information content (AvgIpc) is 2.63. The summed E-state index contributed by atoms with van der Waals surface area (Å²) in [6.45, 7) is 5.63. The topological polar surface area (TPSA) is 59.2 Å². The number of rotatable bonds is 8. The van der Waals surface area contributed by atoms with Crippen molar-refractivity contribution in [1.29, 1.82) is 0 Å². The van der Waals surface area contributed by atoms with Crippen LogP contribution in [0.15, 0.2) is 6.33 Å². The van der Waals surface area contributed by atoms with Crippen molar-refractivity contribution in [3.63, 3.8) is 0 Å². The van der Waals surface area contributed by atoms with Crippen LogP contribution in [-0.2, 0) is 16.0 Å². The second-order valence-electron chi connectivity index (χ2n) is 3.26. The van der Waals surface area contributed by atoms with Gasteiger partial charge in [0.15, 0.2) is 0 Å². The maximum Gasteiger partial charge on any atom is 0.0925 e. The second kappa shape index (κ2) is 7.39. The Balaban J connectivity index is 1.96. The lowest BCUT2D eigenvalue weighted by Crippen LogP contribution is -2.20. The molecule has 5 nitrogen and oxygen atoms in total. The van der Waals surface area contributed by atoms with E-state index < -0.39 is 0 Å². The Bertz CT molecular complexity index is 263. The van der Waals surface area contributed by atoms with E-state index in [1.165, 1.54) is 0 Å². The van der Waals surface area contributed by atoms with Gasteiger partial charge in [-0.3, -0.25) is 0 Å². The number of nitrogens with zero attached hydrogens (tertiary/aromatic N) is 1. The van der Waals surface area contributed by atoms with Gasteiger partial charge in [0.25, 0.3) is 0 Å². The summed E-state index contributed by atoms with van der Waals surface area (Å²) < 4.78 is 10.2. The Morgan fingerprint density at radius 1 is 1.40 bits per heavy atom. The minimum absolute atomic E-state index is 0.651. The molecule has 0 unspecified atom stereocenters. The third kappa shape index (κ3) is 4.92. The zero-order chi connectivity index (χ0) is 10.9. The maximum atomic E-state index is 5.31. The first-order chi connectivity index (χ1) is 7.34. The van der Waals surface area contributed by atoms with Crippen LogP contribution in [0.4, 0.5) is 0 Å². The molecule has 0 aliphatic rings. The molecule has 0 bridgehead atoms. The Labute approximate surface area is 90.2 Å². The Morgan fingerprint density at radius 3 is 2.93 bits per heavy atom. The predicted molar refractivity (Wildman–Crippen MR) is 57.7 cm³/mol. The summed E-state index contributed by atoms with van der Waals surface area (Å²) in [6, 6.07) is 0. The highest BCUT2D eigenvalue weighted by Crippen LogP contribution is 1.98. The number of aromatic amines is 1. The van der Waals surface area contributed by atoms with Gasteiger partial charge in [0.05, 0.1) is 31.8 Å². The standard InChI is InChI=1S/C10H19N3O2/c1-9-10(13-8-12-9)7-11-3-4-15-6-5-14-2/h8,11H,3-7H2,1-2H3,(H,12,13). The van der Waals surface area contributed by atoms with Gasteiger partial charge in [-0.05, 0) is 6.92 Å². The smallest absolute Gasteiger partial charge is 0.0925 e. The molecule has 2 N–H and O–H groups in total. The van der Waals surface area contributed by atoms with Crippen LogP contribution in [0.1, 0.15) is 11.4 Å². The van der Waals surface area contributed by atoms with E-state index in [1.54, 1.807) is 13.4 Å². The fourth-order valence-corrected chi connectivity index (χ4v) is 1.16. The first-order valence-corrected chi connectivity index (χ1v) is 5.11. The van der Waals surface area contributed by atoms with Crippen molar-refractivity contribution in [2.45, 2.75) is 13.5 Å². The number of H-pyrrole nitrogens is 1. The second-order valence-corrected chi connectivity index (χ2v) is 3.26. The monoisotopic (exact) mass is 213 g/mol. The van der Waals surface area contributed by atoms with Crippen LogP contribution in [0.3, 0.4) is 0 Å². The molecule has 0 amide bonds. The van der Waals surface area contributed by atoms with Crippen LogP contribution in [0.25, 0.3) is 0 Å². The molecule has 86 valence electrons. The minimum atomic E-state index is 0.651. The van der Waals surface area contributed by atoms with Crippen molar-refractivity contribution in [3.05, 3.63) is 17.7 Å². The van der Waals surface area contributed by atoms with Crippen LogP contribution in [0, 0.1) is 6.92 Å². The highest BCUT2D eigenvalue weighted by molar-refractivity contribution is 5.07. The van der Waals surface area contributed by atoms with E-state index in [-0.39, 0.29) is 0 Å². The summed E-state index contributed by atoms with van der Waals surface area (Å²) in [5.41, 5.74) is 2.18. The highest BCUT2D eigenvalue weighted by Gasteiger charge is 1.98. The van der Waals surface area contributed by atoms with Crippen LogP contribution in [0.2, 0.25) is 0 Å². The normalized spacial score (nSPS) is 10.8. The molecule has 1 aromatic heterocycles. The van der Waals surface area contributed by atoms with Gasteiger partial charge in [-0.1, -0.05) is 0 Å². The number of aromatic nitrogens is 2. The Hall–Kier alpha value is -0.910. The molecule has 0 spiro atoms. The molecule has 0 aliphatic carbocycles. The van der Waals surface area contributed by atoms with Crippen molar-refractivity contribution < 1.29 is 9.47 Å². The number of imidazole rings is 1. The van der Waals surface area contributed by atoms with Crippen molar-refractivity contribution in [1.82, 2.24) is 15.3 Å². The third-order valence-corrected chi connectivity index (χ3v) is 2.08. The van der Waals surface area contributed by atoms with Crippen LogP contribution >= 0.6 is 0 Å². The van der Waals surface area contributed by atoms with Gasteiger partial charge in [0, 0.05) is 25.9 Å². The van der Waals surface area contributed by atoms with Gasteiger partial charge in [0.2, 0.25) is 0 Å². The molecule has 0 saturated heterocycles. The lowest BCUT2D eigenvalue weighted by atomic mass is 10.3. The number of aryl methyl sites for hydroxylation is 1. The molecule has 5 heteroatoms. The van der Waals surface area contributed by atoms with E-state index in [0.29, 0.717) is 19.8 Å². The SMILES string of the molecule is COCCOCCNCc1nc[nH]c1C. The van der Waals surface area contributed by atoms with E-state index in [9.17, 15) is 0 Å². The van der Waals surface area contributed by atoms with Gasteiger partial charge in [-0.2, -0.15) is 0 Å². The van der Waals surface area contributed by atoms with Gasteiger partial charge in [-0.25, -0.2) is 4.98 Å². The summed E-state index contributed by atoms with van der Waals surface area (Å²) in [5.74, 6) is 0. The summed E-state index contributed by atoms with van der Waals surface area (Å²) >= 11 is 0. The maximum absolute atomic E-state index is 5.31. The first kappa shape index (κ1) is 12.2. The van der Waals surface area contributed by atoms with E-state index >= 15 is 0 Å². The van der Waals surface area contributed by atoms with E-state index in [4.69, 9.17) is 9.47 Å². The van der Waals surface area contributed by atoms with Gasteiger partial charge < -0.3 is 19.8 Å². The molecule has 0 fully saturated rings. The molecule has 15 heavy (non-hydrogen) atoms. The number of hydrogen-bond donors (Lipinski definition) is 2. The van der Waals surface area contributed by atoms with E-state index in [1.807, 2.05) is 6.92 Å². The average molecular weight is 213 g/mol. The zero-order valence-electron chi connectivity index (χ0n) is 9.38. The molecular weight excluding hydrogens is 194 g/mol. The third-order valence-electron chi connectivity index (χ3n) is 2.08. The van der Waals surface area contributed by atoms with Crippen molar-refractivity contribution in [2.24, 2.45) is 0 Å². The Morgan fingerprint density at radius 2 is 2.27 bits per heavy atom.